The van der Waals surface area contributed by atoms with E-state index in [9.17, 15) is 9.18 Å². The van der Waals surface area contributed by atoms with Crippen LogP contribution in [-0.2, 0) is 0 Å². The lowest BCUT2D eigenvalue weighted by Gasteiger charge is -2.43. The van der Waals surface area contributed by atoms with Gasteiger partial charge in [-0.05, 0) is 32.4 Å². The van der Waals surface area contributed by atoms with E-state index in [1.165, 1.54) is 0 Å². The van der Waals surface area contributed by atoms with Crippen LogP contribution in [0, 0.1) is 12.7 Å². The maximum absolute atomic E-state index is 14.1. The van der Waals surface area contributed by atoms with Crippen LogP contribution in [0.15, 0.2) is 18.2 Å². The second-order valence-corrected chi connectivity index (χ2v) is 6.23. The van der Waals surface area contributed by atoms with Gasteiger partial charge in [-0.25, -0.2) is 4.39 Å². The molecule has 4 nitrogen and oxygen atoms in total. The molecule has 0 radical (unpaired) electrons. The van der Waals surface area contributed by atoms with Gasteiger partial charge in [0.2, 0.25) is 0 Å². The van der Waals surface area contributed by atoms with Crippen molar-refractivity contribution in [2.75, 3.05) is 32.7 Å². The van der Waals surface area contributed by atoms with Crippen molar-refractivity contribution in [2.45, 2.75) is 26.3 Å². The molecular weight excluding hydrogens is 269 g/mol. The molecule has 1 aliphatic heterocycles. The average Bonchev–Trinajstić information content (AvgIpc) is 2.49. The number of hydrogen-bond acceptors (Lipinski definition) is 3. The number of hydrogen-bond donors (Lipinski definition) is 1. The van der Waals surface area contributed by atoms with Crippen LogP contribution in [0.3, 0.4) is 0 Å². The Morgan fingerprint density at radius 1 is 1.29 bits per heavy atom. The molecule has 1 saturated heterocycles. The molecule has 0 atom stereocenters. The highest BCUT2D eigenvalue weighted by molar-refractivity contribution is 5.94. The quantitative estimate of drug-likeness (QED) is 0.921. The van der Waals surface area contributed by atoms with Crippen molar-refractivity contribution in [3.05, 3.63) is 35.1 Å². The SMILES string of the molecule is Cc1cccc(C(=O)N2CCN(C(C)(C)CN)CC2)c1F. The van der Waals surface area contributed by atoms with Crippen molar-refractivity contribution >= 4 is 5.91 Å². The molecule has 1 aromatic carbocycles. The molecule has 0 bridgehead atoms. The van der Waals surface area contributed by atoms with Crippen LogP contribution in [0.2, 0.25) is 0 Å². The van der Waals surface area contributed by atoms with Crippen LogP contribution >= 0.6 is 0 Å². The Hall–Kier alpha value is -1.46. The molecule has 1 amide bonds. The van der Waals surface area contributed by atoms with Gasteiger partial charge in [0.1, 0.15) is 5.82 Å². The zero-order valence-corrected chi connectivity index (χ0v) is 13.0. The number of rotatable bonds is 3. The predicted molar refractivity (Wildman–Crippen MR) is 81.7 cm³/mol. The van der Waals surface area contributed by atoms with E-state index in [4.69, 9.17) is 5.73 Å². The number of aryl methyl sites for hydroxylation is 1. The molecule has 2 N–H and O–H groups in total. The minimum atomic E-state index is -0.410. The molecule has 0 unspecified atom stereocenters. The minimum absolute atomic E-state index is 0.0658. The van der Waals surface area contributed by atoms with Crippen LogP contribution in [0.25, 0.3) is 0 Å². The van der Waals surface area contributed by atoms with Gasteiger partial charge in [-0.3, -0.25) is 9.69 Å². The van der Waals surface area contributed by atoms with Gasteiger partial charge >= 0.3 is 0 Å². The lowest BCUT2D eigenvalue weighted by molar-refractivity contribution is 0.0423. The number of piperazine rings is 1. The molecule has 1 aromatic rings. The molecule has 1 heterocycles. The highest BCUT2D eigenvalue weighted by Crippen LogP contribution is 2.19. The average molecular weight is 293 g/mol. The van der Waals surface area contributed by atoms with Gasteiger partial charge in [0.15, 0.2) is 0 Å². The van der Waals surface area contributed by atoms with Crippen LogP contribution in [0.1, 0.15) is 29.8 Å². The topological polar surface area (TPSA) is 49.6 Å². The number of nitrogens with zero attached hydrogens (tertiary/aromatic N) is 2. The monoisotopic (exact) mass is 293 g/mol. The molecule has 1 fully saturated rings. The minimum Gasteiger partial charge on any atom is -0.336 e. The van der Waals surface area contributed by atoms with Crippen LogP contribution in [0.5, 0.6) is 0 Å². The summed E-state index contributed by atoms with van der Waals surface area (Å²) in [5.41, 5.74) is 6.39. The van der Waals surface area contributed by atoms with Gasteiger partial charge < -0.3 is 10.6 Å². The van der Waals surface area contributed by atoms with Crippen molar-refractivity contribution in [3.63, 3.8) is 0 Å². The second kappa shape index (κ2) is 6.12. The summed E-state index contributed by atoms with van der Waals surface area (Å²) < 4.78 is 14.1. The Bertz CT molecular complexity index is 522. The maximum atomic E-state index is 14.1. The summed E-state index contributed by atoms with van der Waals surface area (Å²) in [7, 11) is 0. The molecule has 21 heavy (non-hydrogen) atoms. The Balaban J connectivity index is 2.06. The molecule has 0 aromatic heterocycles. The van der Waals surface area contributed by atoms with E-state index in [1.807, 2.05) is 0 Å². The first-order chi connectivity index (χ1) is 9.86. The van der Waals surface area contributed by atoms with Crippen molar-refractivity contribution < 1.29 is 9.18 Å². The van der Waals surface area contributed by atoms with Crippen LogP contribution in [-0.4, -0.2) is 54.0 Å². The predicted octanol–water partition coefficient (Wildman–Crippen LogP) is 1.63. The van der Waals surface area contributed by atoms with E-state index in [2.05, 4.69) is 18.7 Å². The van der Waals surface area contributed by atoms with Crippen LogP contribution in [0.4, 0.5) is 4.39 Å². The Morgan fingerprint density at radius 3 is 2.48 bits per heavy atom. The second-order valence-electron chi connectivity index (χ2n) is 6.23. The fourth-order valence-electron chi connectivity index (χ4n) is 2.63. The van der Waals surface area contributed by atoms with Gasteiger partial charge in [-0.15, -0.1) is 0 Å². The number of nitrogens with two attached hydrogens (primary N) is 1. The first kappa shape index (κ1) is 15.9. The third kappa shape index (κ3) is 3.24. The first-order valence-electron chi connectivity index (χ1n) is 7.36. The zero-order valence-electron chi connectivity index (χ0n) is 13.0. The molecular formula is C16H24FN3O. The molecule has 0 saturated carbocycles. The summed E-state index contributed by atoms with van der Waals surface area (Å²) in [6, 6.07) is 4.95. The van der Waals surface area contributed by atoms with Crippen molar-refractivity contribution in [1.82, 2.24) is 9.80 Å². The fraction of sp³-hybridized carbons (Fsp3) is 0.562. The Morgan fingerprint density at radius 2 is 1.90 bits per heavy atom. The van der Waals surface area contributed by atoms with Gasteiger partial charge in [0.05, 0.1) is 5.56 Å². The van der Waals surface area contributed by atoms with E-state index >= 15 is 0 Å². The molecule has 2 rings (SSSR count). The number of carbonyl (C=O) groups excluding carboxylic acids is 1. The summed E-state index contributed by atoms with van der Waals surface area (Å²) in [4.78, 5) is 16.4. The molecule has 0 aliphatic carbocycles. The molecule has 0 spiro atoms. The molecule has 116 valence electrons. The normalized spacial score (nSPS) is 17.1. The van der Waals surface area contributed by atoms with E-state index in [0.717, 1.165) is 13.1 Å². The van der Waals surface area contributed by atoms with Crippen molar-refractivity contribution in [2.24, 2.45) is 5.73 Å². The van der Waals surface area contributed by atoms with E-state index in [0.29, 0.717) is 25.2 Å². The Kier molecular flexibility index (Phi) is 4.64. The highest BCUT2D eigenvalue weighted by Gasteiger charge is 2.31. The largest absolute Gasteiger partial charge is 0.336 e. The summed E-state index contributed by atoms with van der Waals surface area (Å²) in [6.07, 6.45) is 0. The number of halogens is 1. The first-order valence-corrected chi connectivity index (χ1v) is 7.36. The van der Waals surface area contributed by atoms with Gasteiger partial charge in [0.25, 0.3) is 5.91 Å². The molecule has 5 heteroatoms. The van der Waals surface area contributed by atoms with Gasteiger partial charge in [-0.1, -0.05) is 12.1 Å². The maximum Gasteiger partial charge on any atom is 0.256 e. The van der Waals surface area contributed by atoms with Crippen molar-refractivity contribution in [3.8, 4) is 0 Å². The summed E-state index contributed by atoms with van der Waals surface area (Å²) >= 11 is 0. The highest BCUT2D eigenvalue weighted by atomic mass is 19.1. The summed E-state index contributed by atoms with van der Waals surface area (Å²) in [6.45, 7) is 9.20. The summed E-state index contributed by atoms with van der Waals surface area (Å²) in [5.74, 6) is -0.631. The lowest BCUT2D eigenvalue weighted by atomic mass is 10.0. The van der Waals surface area contributed by atoms with Gasteiger partial charge in [-0.2, -0.15) is 0 Å². The van der Waals surface area contributed by atoms with Crippen LogP contribution < -0.4 is 5.73 Å². The number of benzene rings is 1. The number of carbonyl (C=O) groups is 1. The zero-order chi connectivity index (χ0) is 15.6. The third-order valence-corrected chi connectivity index (χ3v) is 4.34. The standard InChI is InChI=1S/C16H24FN3O/c1-12-5-4-6-13(14(12)17)15(21)19-7-9-20(10-8-19)16(2,3)11-18/h4-6H,7-11,18H2,1-3H3. The molecule has 1 aliphatic rings. The van der Waals surface area contributed by atoms with E-state index < -0.39 is 5.82 Å². The van der Waals surface area contributed by atoms with Gasteiger partial charge in [0, 0.05) is 38.3 Å². The van der Waals surface area contributed by atoms with E-state index in [1.54, 1.807) is 30.0 Å². The Labute approximate surface area is 125 Å². The number of amides is 1. The van der Waals surface area contributed by atoms with Crippen molar-refractivity contribution in [1.29, 1.82) is 0 Å². The third-order valence-electron chi connectivity index (χ3n) is 4.34. The lowest BCUT2D eigenvalue weighted by Crippen LogP contribution is -2.58. The fourth-order valence-corrected chi connectivity index (χ4v) is 2.63. The van der Waals surface area contributed by atoms with E-state index in [-0.39, 0.29) is 17.0 Å². The smallest absolute Gasteiger partial charge is 0.256 e. The summed E-state index contributed by atoms with van der Waals surface area (Å²) in [5, 5.41) is 0.